The first kappa shape index (κ1) is 5.97. The number of nitrogens with one attached hydrogen (secondary N) is 1. The summed E-state index contributed by atoms with van der Waals surface area (Å²) in [4.78, 5) is 11.7. The molecule has 2 rings (SSSR count). The number of rotatable bonds is 0. The van der Waals surface area contributed by atoms with Gasteiger partial charge in [0.2, 0.25) is 0 Å². The van der Waals surface area contributed by atoms with Crippen molar-refractivity contribution in [3.05, 3.63) is 0 Å². The number of hydrogen-bond donors (Lipinski definition) is 2. The summed E-state index contributed by atoms with van der Waals surface area (Å²) in [5, 5.41) is 11.7. The van der Waals surface area contributed by atoms with Crippen molar-refractivity contribution in [3.8, 4) is 0 Å². The lowest BCUT2D eigenvalue weighted by Crippen LogP contribution is -2.76. The lowest BCUT2D eigenvalue weighted by Gasteiger charge is -2.55. The maximum absolute atomic E-state index is 10.3. The summed E-state index contributed by atoms with van der Waals surface area (Å²) in [5.74, 6) is 0. The molecule has 2 heterocycles. The van der Waals surface area contributed by atoms with Crippen LogP contribution in [0.1, 0.15) is 6.42 Å². The molecule has 10 heavy (non-hydrogen) atoms. The van der Waals surface area contributed by atoms with Crippen molar-refractivity contribution in [3.63, 3.8) is 0 Å². The van der Waals surface area contributed by atoms with Crippen LogP contribution in [0.2, 0.25) is 0 Å². The van der Waals surface area contributed by atoms with Gasteiger partial charge < -0.3 is 15.3 Å². The summed E-state index contributed by atoms with van der Waals surface area (Å²) in [6, 6.07) is 0. The molecule has 2 fully saturated rings. The van der Waals surface area contributed by atoms with Crippen LogP contribution in [-0.2, 0) is 0 Å². The molecule has 0 unspecified atom stereocenters. The Morgan fingerprint density at radius 1 is 1.60 bits per heavy atom. The van der Waals surface area contributed by atoms with Crippen LogP contribution in [-0.4, -0.2) is 41.3 Å². The van der Waals surface area contributed by atoms with Crippen LogP contribution in [0.25, 0.3) is 0 Å². The maximum Gasteiger partial charge on any atom is 0.407 e. The van der Waals surface area contributed by atoms with Crippen molar-refractivity contribution in [1.82, 2.24) is 10.2 Å². The van der Waals surface area contributed by atoms with E-state index in [1.165, 1.54) is 4.90 Å². The monoisotopic (exact) mass is 142 g/mol. The summed E-state index contributed by atoms with van der Waals surface area (Å²) in [7, 11) is 0. The smallest absolute Gasteiger partial charge is 0.407 e. The molecule has 4 nitrogen and oxygen atoms in total. The third kappa shape index (κ3) is 0.623. The highest BCUT2D eigenvalue weighted by Gasteiger charge is 2.48. The molecule has 2 aliphatic rings. The van der Waals surface area contributed by atoms with Crippen molar-refractivity contribution in [1.29, 1.82) is 0 Å². The molecule has 2 saturated heterocycles. The van der Waals surface area contributed by atoms with Crippen LogP contribution in [0.15, 0.2) is 0 Å². The quantitative estimate of drug-likeness (QED) is 0.488. The van der Waals surface area contributed by atoms with E-state index in [1.807, 2.05) is 0 Å². The van der Waals surface area contributed by atoms with Crippen LogP contribution < -0.4 is 5.32 Å². The Morgan fingerprint density at radius 3 is 2.50 bits per heavy atom. The van der Waals surface area contributed by atoms with Crippen LogP contribution in [0.3, 0.4) is 0 Å². The van der Waals surface area contributed by atoms with Gasteiger partial charge in [-0.15, -0.1) is 0 Å². The van der Waals surface area contributed by atoms with E-state index in [2.05, 4.69) is 5.32 Å². The van der Waals surface area contributed by atoms with Gasteiger partial charge in [-0.1, -0.05) is 0 Å². The van der Waals surface area contributed by atoms with Crippen LogP contribution >= 0.6 is 0 Å². The molecule has 0 aromatic heterocycles. The van der Waals surface area contributed by atoms with Crippen LogP contribution in [0.4, 0.5) is 4.79 Å². The lowest BCUT2D eigenvalue weighted by molar-refractivity contribution is 0.00426. The first-order valence-electron chi connectivity index (χ1n) is 3.45. The SMILES string of the molecule is O=C(O)N1CC2(CCN2)C1. The van der Waals surface area contributed by atoms with E-state index in [4.69, 9.17) is 5.11 Å². The second-order valence-corrected chi connectivity index (χ2v) is 3.10. The average Bonchev–Trinajstić information content (AvgIpc) is 1.54. The number of carbonyl (C=O) groups is 1. The highest BCUT2D eigenvalue weighted by Crippen LogP contribution is 2.29. The van der Waals surface area contributed by atoms with E-state index in [-0.39, 0.29) is 5.54 Å². The highest BCUT2D eigenvalue weighted by molar-refractivity contribution is 5.67. The molecular formula is C6H10N2O2. The molecule has 56 valence electrons. The highest BCUT2D eigenvalue weighted by atomic mass is 16.4. The van der Waals surface area contributed by atoms with Gasteiger partial charge in [0.1, 0.15) is 0 Å². The van der Waals surface area contributed by atoms with E-state index in [0.717, 1.165) is 13.0 Å². The standard InChI is InChI=1S/C6H10N2O2/c9-5(10)8-3-6(4-8)1-2-7-6/h7H,1-4H2,(H,9,10). The summed E-state index contributed by atoms with van der Waals surface area (Å²) >= 11 is 0. The normalized spacial score (nSPS) is 27.4. The Hall–Kier alpha value is -0.770. The van der Waals surface area contributed by atoms with E-state index in [0.29, 0.717) is 13.1 Å². The fraction of sp³-hybridized carbons (Fsp3) is 0.833. The zero-order valence-corrected chi connectivity index (χ0v) is 5.63. The Morgan fingerprint density at radius 2 is 2.20 bits per heavy atom. The molecule has 2 aliphatic heterocycles. The fourth-order valence-corrected chi connectivity index (χ4v) is 1.57. The van der Waals surface area contributed by atoms with Gasteiger partial charge >= 0.3 is 6.09 Å². The number of nitrogens with zero attached hydrogens (tertiary/aromatic N) is 1. The second-order valence-electron chi connectivity index (χ2n) is 3.10. The van der Waals surface area contributed by atoms with Gasteiger partial charge in [0.15, 0.2) is 0 Å². The van der Waals surface area contributed by atoms with Gasteiger partial charge in [-0.3, -0.25) is 0 Å². The number of carboxylic acid groups (broad SMARTS) is 1. The first-order chi connectivity index (χ1) is 4.72. The zero-order valence-electron chi connectivity index (χ0n) is 5.63. The molecule has 0 radical (unpaired) electrons. The third-order valence-corrected chi connectivity index (χ3v) is 2.36. The number of amides is 1. The lowest BCUT2D eigenvalue weighted by atomic mass is 9.81. The van der Waals surface area contributed by atoms with Crippen molar-refractivity contribution >= 4 is 6.09 Å². The summed E-state index contributed by atoms with van der Waals surface area (Å²) in [6.07, 6.45) is 0.343. The van der Waals surface area contributed by atoms with Crippen LogP contribution in [0.5, 0.6) is 0 Å². The van der Waals surface area contributed by atoms with E-state index in [9.17, 15) is 4.79 Å². The minimum atomic E-state index is -0.792. The van der Waals surface area contributed by atoms with Crippen LogP contribution in [0, 0.1) is 0 Å². The largest absolute Gasteiger partial charge is 0.465 e. The summed E-state index contributed by atoms with van der Waals surface area (Å²) in [6.45, 7) is 2.41. The van der Waals surface area contributed by atoms with Gasteiger partial charge in [0.25, 0.3) is 0 Å². The third-order valence-electron chi connectivity index (χ3n) is 2.36. The minimum absolute atomic E-state index is 0.193. The molecule has 0 atom stereocenters. The Bertz CT molecular complexity index is 169. The second kappa shape index (κ2) is 1.63. The van der Waals surface area contributed by atoms with E-state index >= 15 is 0 Å². The van der Waals surface area contributed by atoms with Gasteiger partial charge in [0, 0.05) is 13.1 Å². The van der Waals surface area contributed by atoms with Crippen molar-refractivity contribution in [2.75, 3.05) is 19.6 Å². The van der Waals surface area contributed by atoms with Crippen molar-refractivity contribution in [2.45, 2.75) is 12.0 Å². The topological polar surface area (TPSA) is 52.6 Å². The van der Waals surface area contributed by atoms with Gasteiger partial charge in [-0.25, -0.2) is 4.79 Å². The first-order valence-corrected chi connectivity index (χ1v) is 3.45. The van der Waals surface area contributed by atoms with Crippen molar-refractivity contribution < 1.29 is 9.90 Å². The molecule has 0 aromatic carbocycles. The molecular weight excluding hydrogens is 132 g/mol. The Kier molecular flexibility index (Phi) is 0.976. The van der Waals surface area contributed by atoms with Crippen molar-refractivity contribution in [2.24, 2.45) is 0 Å². The molecule has 2 N–H and O–H groups in total. The van der Waals surface area contributed by atoms with Gasteiger partial charge in [-0.05, 0) is 13.0 Å². The predicted octanol–water partition coefficient (Wildman–Crippen LogP) is -0.288. The Balaban J connectivity index is 1.88. The zero-order chi connectivity index (χ0) is 7.19. The fourth-order valence-electron chi connectivity index (χ4n) is 1.57. The Labute approximate surface area is 58.8 Å². The summed E-state index contributed by atoms with van der Waals surface area (Å²) < 4.78 is 0. The molecule has 4 heteroatoms. The molecule has 0 saturated carbocycles. The average molecular weight is 142 g/mol. The minimum Gasteiger partial charge on any atom is -0.465 e. The molecule has 0 aromatic rings. The summed E-state index contributed by atoms with van der Waals surface area (Å²) in [5.41, 5.74) is 0.193. The number of likely N-dealkylation sites (tertiary alicyclic amines) is 1. The van der Waals surface area contributed by atoms with E-state index in [1.54, 1.807) is 0 Å². The van der Waals surface area contributed by atoms with Gasteiger partial charge in [-0.2, -0.15) is 0 Å². The van der Waals surface area contributed by atoms with E-state index < -0.39 is 6.09 Å². The molecule has 1 amide bonds. The van der Waals surface area contributed by atoms with Gasteiger partial charge in [0.05, 0.1) is 5.54 Å². The predicted molar refractivity (Wildman–Crippen MR) is 34.9 cm³/mol. The maximum atomic E-state index is 10.3. The molecule has 0 aliphatic carbocycles. The molecule has 1 spiro atoms. The molecule has 0 bridgehead atoms. The number of hydrogen-bond acceptors (Lipinski definition) is 2.